The third kappa shape index (κ3) is 8.54. The number of carbonyl (C=O) groups is 1. The molecule has 160 valence electrons. The normalized spacial score (nSPS) is 12.0. The molecule has 0 bridgehead atoms. The fourth-order valence-corrected chi connectivity index (χ4v) is 2.74. The largest absolute Gasteiger partial charge is 0.493 e. The average molecular weight is 411 g/mol. The lowest BCUT2D eigenvalue weighted by Gasteiger charge is -2.19. The van der Waals surface area contributed by atoms with E-state index >= 15 is 0 Å². The van der Waals surface area contributed by atoms with Crippen molar-refractivity contribution in [2.24, 2.45) is 0 Å². The van der Waals surface area contributed by atoms with Crippen LogP contribution in [0.25, 0.3) is 0 Å². The van der Waals surface area contributed by atoms with Gasteiger partial charge in [-0.25, -0.2) is 4.79 Å². The lowest BCUT2D eigenvalue weighted by molar-refractivity contribution is 0.0636. The summed E-state index contributed by atoms with van der Waals surface area (Å²) in [6.07, 6.45) is 0.419. The van der Waals surface area contributed by atoms with Crippen LogP contribution in [-0.4, -0.2) is 31.0 Å². The Morgan fingerprint density at radius 2 is 1.70 bits per heavy atom. The van der Waals surface area contributed by atoms with Gasteiger partial charge in [0.15, 0.2) is 0 Å². The number of benzene rings is 2. The summed E-state index contributed by atoms with van der Waals surface area (Å²) in [4.78, 5) is 11.8. The Balaban J connectivity index is 1.77. The van der Waals surface area contributed by atoms with Crippen LogP contribution in [0.4, 0.5) is 10.5 Å². The van der Waals surface area contributed by atoms with Crippen molar-refractivity contribution >= 4 is 11.8 Å². The van der Waals surface area contributed by atoms with E-state index in [4.69, 9.17) is 19.5 Å². The first-order chi connectivity index (χ1) is 14.3. The molecule has 6 nitrogen and oxygen atoms in total. The molecule has 2 aromatic carbocycles. The van der Waals surface area contributed by atoms with Crippen LogP contribution in [0.5, 0.6) is 5.75 Å². The van der Waals surface area contributed by atoms with Gasteiger partial charge in [0.1, 0.15) is 17.5 Å². The molecule has 0 radical (unpaired) electrons. The van der Waals surface area contributed by atoms with Crippen molar-refractivity contribution in [1.82, 2.24) is 0 Å². The van der Waals surface area contributed by atoms with Crippen molar-refractivity contribution in [3.63, 3.8) is 0 Å². The minimum Gasteiger partial charge on any atom is -0.493 e. The van der Waals surface area contributed by atoms with Crippen molar-refractivity contribution in [2.45, 2.75) is 52.2 Å². The Kier molecular flexibility index (Phi) is 8.70. The second-order valence-electron chi connectivity index (χ2n) is 7.84. The molecule has 30 heavy (non-hydrogen) atoms. The van der Waals surface area contributed by atoms with Crippen LogP contribution in [0.2, 0.25) is 0 Å². The number of ether oxygens (including phenoxy) is 3. The fraction of sp³-hybridized carbons (Fsp3) is 0.417. The third-order valence-electron chi connectivity index (χ3n) is 4.11. The Morgan fingerprint density at radius 1 is 1.07 bits per heavy atom. The Labute approximate surface area is 178 Å². The lowest BCUT2D eigenvalue weighted by atomic mass is 10.1. The van der Waals surface area contributed by atoms with Gasteiger partial charge in [0.25, 0.3) is 0 Å². The summed E-state index contributed by atoms with van der Waals surface area (Å²) in [5, 5.41) is 11.8. The fourth-order valence-electron chi connectivity index (χ4n) is 2.74. The van der Waals surface area contributed by atoms with Crippen molar-refractivity contribution in [2.75, 3.05) is 18.5 Å². The number of carbonyl (C=O) groups excluding carboxylic acids is 1. The molecule has 1 N–H and O–H groups in total. The maximum absolute atomic E-state index is 11.8. The summed E-state index contributed by atoms with van der Waals surface area (Å²) < 4.78 is 16.4. The van der Waals surface area contributed by atoms with Gasteiger partial charge in [-0.05, 0) is 63.1 Å². The molecule has 6 heteroatoms. The first-order valence-corrected chi connectivity index (χ1v) is 10.1. The van der Waals surface area contributed by atoms with Crippen LogP contribution in [0.3, 0.4) is 0 Å². The molecule has 0 aliphatic rings. The van der Waals surface area contributed by atoms with Crippen molar-refractivity contribution in [1.29, 1.82) is 5.26 Å². The van der Waals surface area contributed by atoms with Gasteiger partial charge in [0.2, 0.25) is 0 Å². The number of anilines is 1. The molecule has 0 saturated carbocycles. The molecule has 0 fully saturated rings. The summed E-state index contributed by atoms with van der Waals surface area (Å²) in [5.41, 5.74) is 2.30. The first-order valence-electron chi connectivity index (χ1n) is 10.1. The minimum atomic E-state index is -0.528. The van der Waals surface area contributed by atoms with Gasteiger partial charge < -0.3 is 14.2 Å². The lowest BCUT2D eigenvalue weighted by Crippen LogP contribution is -2.27. The minimum absolute atomic E-state index is 0.422. The summed E-state index contributed by atoms with van der Waals surface area (Å²) >= 11 is 0. The quantitative estimate of drug-likeness (QED) is 0.620. The van der Waals surface area contributed by atoms with Gasteiger partial charge in [0.05, 0.1) is 12.7 Å². The van der Waals surface area contributed by atoms with Crippen molar-refractivity contribution in [3.05, 3.63) is 59.7 Å². The summed E-state index contributed by atoms with van der Waals surface area (Å²) in [6, 6.07) is 17.5. The Morgan fingerprint density at radius 3 is 2.27 bits per heavy atom. The second-order valence-corrected chi connectivity index (χ2v) is 7.84. The van der Waals surface area contributed by atoms with E-state index in [1.807, 2.05) is 76.2 Å². The highest BCUT2D eigenvalue weighted by Gasteiger charge is 2.16. The highest BCUT2D eigenvalue weighted by atomic mass is 16.6. The average Bonchev–Trinajstić information content (AvgIpc) is 2.69. The molecule has 2 rings (SSSR count). The van der Waals surface area contributed by atoms with Gasteiger partial charge in [0, 0.05) is 25.1 Å². The topological polar surface area (TPSA) is 80.6 Å². The molecular formula is C24H30N2O4. The SMILES string of the molecule is CCOC(C#N)Cc1ccc(OCCc2ccc(NC(=O)OC(C)(C)C)cc2)cc1. The highest BCUT2D eigenvalue weighted by molar-refractivity contribution is 5.84. The molecular weight excluding hydrogens is 380 g/mol. The number of nitrogens with one attached hydrogen (secondary N) is 1. The Bertz CT molecular complexity index is 833. The molecule has 0 heterocycles. The number of hydrogen-bond donors (Lipinski definition) is 1. The van der Waals surface area contributed by atoms with E-state index in [1.54, 1.807) is 0 Å². The first kappa shape index (κ1) is 23.2. The van der Waals surface area contributed by atoms with E-state index in [-0.39, 0.29) is 0 Å². The van der Waals surface area contributed by atoms with Crippen LogP contribution >= 0.6 is 0 Å². The van der Waals surface area contributed by atoms with Crippen molar-refractivity contribution in [3.8, 4) is 11.8 Å². The molecule has 1 unspecified atom stereocenters. The molecule has 0 aromatic heterocycles. The van der Waals surface area contributed by atoms with Crippen LogP contribution in [0, 0.1) is 11.3 Å². The van der Waals surface area contributed by atoms with Gasteiger partial charge in [-0.2, -0.15) is 5.26 Å². The molecule has 1 amide bonds. The number of nitriles is 1. The predicted octanol–water partition coefficient (Wildman–Crippen LogP) is 5.13. The Hall–Kier alpha value is -3.04. The number of amides is 1. The van der Waals surface area contributed by atoms with E-state index in [9.17, 15) is 4.79 Å². The standard InChI is InChI=1S/C24H30N2O4/c1-5-28-22(17-25)16-19-8-12-21(13-9-19)29-15-14-18-6-10-20(11-7-18)26-23(27)30-24(2,3)4/h6-13,22H,5,14-16H2,1-4H3,(H,26,27). The number of nitrogens with zero attached hydrogens (tertiary/aromatic N) is 1. The molecule has 2 aromatic rings. The maximum atomic E-state index is 11.8. The van der Waals surface area contributed by atoms with Crippen LogP contribution in [0.1, 0.15) is 38.8 Å². The zero-order valence-electron chi connectivity index (χ0n) is 18.1. The smallest absolute Gasteiger partial charge is 0.412 e. The monoisotopic (exact) mass is 410 g/mol. The van der Waals surface area contributed by atoms with E-state index in [0.29, 0.717) is 25.3 Å². The summed E-state index contributed by atoms with van der Waals surface area (Å²) in [7, 11) is 0. The maximum Gasteiger partial charge on any atom is 0.412 e. The highest BCUT2D eigenvalue weighted by Crippen LogP contribution is 2.16. The van der Waals surface area contributed by atoms with E-state index in [2.05, 4.69) is 11.4 Å². The van der Waals surface area contributed by atoms with E-state index in [0.717, 1.165) is 23.3 Å². The third-order valence-corrected chi connectivity index (χ3v) is 4.11. The van der Waals surface area contributed by atoms with Crippen LogP contribution in [0.15, 0.2) is 48.5 Å². The van der Waals surface area contributed by atoms with Gasteiger partial charge in [-0.15, -0.1) is 0 Å². The summed E-state index contributed by atoms with van der Waals surface area (Å²) in [5.74, 6) is 0.784. The van der Waals surface area contributed by atoms with Crippen LogP contribution < -0.4 is 10.1 Å². The molecule has 0 spiro atoms. The summed E-state index contributed by atoms with van der Waals surface area (Å²) in [6.45, 7) is 8.43. The molecule has 0 aliphatic heterocycles. The zero-order chi connectivity index (χ0) is 22.0. The van der Waals surface area contributed by atoms with E-state index < -0.39 is 17.8 Å². The second kappa shape index (κ2) is 11.2. The van der Waals surface area contributed by atoms with Crippen molar-refractivity contribution < 1.29 is 19.0 Å². The molecule has 1 atom stereocenters. The zero-order valence-corrected chi connectivity index (χ0v) is 18.1. The van der Waals surface area contributed by atoms with E-state index in [1.165, 1.54) is 0 Å². The molecule has 0 aliphatic carbocycles. The van der Waals surface area contributed by atoms with Gasteiger partial charge >= 0.3 is 6.09 Å². The number of hydrogen-bond acceptors (Lipinski definition) is 5. The van der Waals surface area contributed by atoms with Crippen LogP contribution in [-0.2, 0) is 22.3 Å². The molecule has 0 saturated heterocycles. The van der Waals surface area contributed by atoms with Gasteiger partial charge in [-0.3, -0.25) is 5.32 Å². The predicted molar refractivity (Wildman–Crippen MR) is 117 cm³/mol. The number of rotatable bonds is 9. The van der Waals surface area contributed by atoms with Gasteiger partial charge in [-0.1, -0.05) is 24.3 Å².